The molecule has 1 aromatic rings. The van der Waals surface area contributed by atoms with Gasteiger partial charge in [-0.2, -0.15) is 18.2 Å². The van der Waals surface area contributed by atoms with E-state index < -0.39 is 12.8 Å². The second-order valence-electron chi connectivity index (χ2n) is 3.12. The third-order valence-corrected chi connectivity index (χ3v) is 1.63. The third kappa shape index (κ3) is 3.92. The van der Waals surface area contributed by atoms with E-state index >= 15 is 0 Å². The van der Waals surface area contributed by atoms with Gasteiger partial charge in [-0.05, 0) is 13.8 Å². The van der Waals surface area contributed by atoms with Crippen LogP contribution in [0.1, 0.15) is 12.5 Å². The standard InChI is InChI=1S/C9H12F3N3O/c1-3-13-8-14-4-6(2)7(15-8)16-5-9(10,11)12/h4H,3,5H2,1-2H3,(H,13,14,15). The topological polar surface area (TPSA) is 47.0 Å². The van der Waals surface area contributed by atoms with Crippen molar-refractivity contribution in [2.45, 2.75) is 20.0 Å². The van der Waals surface area contributed by atoms with Gasteiger partial charge in [0.15, 0.2) is 6.61 Å². The number of ether oxygens (including phenoxy) is 1. The molecule has 1 N–H and O–H groups in total. The lowest BCUT2D eigenvalue weighted by Crippen LogP contribution is -2.20. The molecule has 90 valence electrons. The van der Waals surface area contributed by atoms with Crippen LogP contribution in [0.4, 0.5) is 19.1 Å². The summed E-state index contributed by atoms with van der Waals surface area (Å²) in [7, 11) is 0. The van der Waals surface area contributed by atoms with E-state index in [1.807, 2.05) is 6.92 Å². The minimum atomic E-state index is -4.37. The highest BCUT2D eigenvalue weighted by molar-refractivity contribution is 5.32. The number of rotatable bonds is 4. The van der Waals surface area contributed by atoms with Crippen molar-refractivity contribution in [2.24, 2.45) is 0 Å². The summed E-state index contributed by atoms with van der Waals surface area (Å²) in [5, 5.41) is 2.79. The molecule has 1 rings (SSSR count). The monoisotopic (exact) mass is 235 g/mol. The molecule has 0 aliphatic carbocycles. The van der Waals surface area contributed by atoms with Gasteiger partial charge in [0, 0.05) is 18.3 Å². The van der Waals surface area contributed by atoms with Crippen molar-refractivity contribution in [3.05, 3.63) is 11.8 Å². The van der Waals surface area contributed by atoms with E-state index in [4.69, 9.17) is 0 Å². The highest BCUT2D eigenvalue weighted by Crippen LogP contribution is 2.20. The summed E-state index contributed by atoms with van der Waals surface area (Å²) in [6.45, 7) is 2.65. The van der Waals surface area contributed by atoms with E-state index in [0.717, 1.165) is 0 Å². The molecule has 1 aromatic heterocycles. The molecule has 0 saturated carbocycles. The summed E-state index contributed by atoms with van der Waals surface area (Å²) < 4.78 is 40.4. The first-order chi connectivity index (χ1) is 7.42. The Labute approximate surface area is 90.9 Å². The highest BCUT2D eigenvalue weighted by Gasteiger charge is 2.29. The van der Waals surface area contributed by atoms with Gasteiger partial charge in [0.25, 0.3) is 0 Å². The maximum atomic E-state index is 11.9. The molecule has 16 heavy (non-hydrogen) atoms. The molecule has 1 heterocycles. The van der Waals surface area contributed by atoms with Gasteiger partial charge < -0.3 is 10.1 Å². The Hall–Kier alpha value is -1.53. The number of hydrogen-bond acceptors (Lipinski definition) is 4. The maximum Gasteiger partial charge on any atom is 0.422 e. The number of anilines is 1. The Bertz CT molecular complexity index is 354. The summed E-state index contributed by atoms with van der Waals surface area (Å²) in [5.41, 5.74) is 0.464. The van der Waals surface area contributed by atoms with Gasteiger partial charge in [0.05, 0.1) is 0 Å². The highest BCUT2D eigenvalue weighted by atomic mass is 19.4. The number of alkyl halides is 3. The molecule has 4 nitrogen and oxygen atoms in total. The van der Waals surface area contributed by atoms with Gasteiger partial charge in [-0.3, -0.25) is 0 Å². The molecule has 0 radical (unpaired) electrons. The van der Waals surface area contributed by atoms with Crippen molar-refractivity contribution in [2.75, 3.05) is 18.5 Å². The number of nitrogens with one attached hydrogen (secondary N) is 1. The Morgan fingerprint density at radius 3 is 2.69 bits per heavy atom. The van der Waals surface area contributed by atoms with Crippen LogP contribution in [0.3, 0.4) is 0 Å². The molecule has 0 aromatic carbocycles. The molecule has 0 aliphatic rings. The lowest BCUT2D eigenvalue weighted by Gasteiger charge is -2.11. The van der Waals surface area contributed by atoms with Gasteiger partial charge in [0.2, 0.25) is 11.8 Å². The Balaban J connectivity index is 2.74. The number of nitrogens with zero attached hydrogens (tertiary/aromatic N) is 2. The van der Waals surface area contributed by atoms with Crippen LogP contribution in [0.15, 0.2) is 6.20 Å². The third-order valence-electron chi connectivity index (χ3n) is 1.63. The van der Waals surface area contributed by atoms with Crippen molar-refractivity contribution in [1.29, 1.82) is 0 Å². The summed E-state index contributed by atoms with van der Waals surface area (Å²) >= 11 is 0. The van der Waals surface area contributed by atoms with E-state index in [1.54, 1.807) is 6.92 Å². The fourth-order valence-electron chi connectivity index (χ4n) is 0.966. The molecular formula is C9H12F3N3O. The minimum absolute atomic E-state index is 0.0525. The van der Waals surface area contributed by atoms with Crippen LogP contribution >= 0.6 is 0 Å². The van der Waals surface area contributed by atoms with Gasteiger partial charge in [0.1, 0.15) is 0 Å². The quantitative estimate of drug-likeness (QED) is 0.868. The minimum Gasteiger partial charge on any atom is -0.468 e. The normalized spacial score (nSPS) is 11.3. The molecule has 0 fully saturated rings. The van der Waals surface area contributed by atoms with Gasteiger partial charge in [-0.25, -0.2) is 4.98 Å². The summed E-state index contributed by atoms with van der Waals surface area (Å²) in [4.78, 5) is 7.71. The molecule has 0 aliphatic heterocycles. The van der Waals surface area contributed by atoms with Gasteiger partial charge in [-0.1, -0.05) is 0 Å². The van der Waals surface area contributed by atoms with Crippen LogP contribution in [-0.2, 0) is 0 Å². The Morgan fingerprint density at radius 1 is 1.44 bits per heavy atom. The number of halogens is 3. The predicted octanol–water partition coefficient (Wildman–Crippen LogP) is 2.16. The van der Waals surface area contributed by atoms with Gasteiger partial charge in [-0.15, -0.1) is 0 Å². The zero-order valence-electron chi connectivity index (χ0n) is 8.93. The van der Waals surface area contributed by atoms with Crippen molar-refractivity contribution < 1.29 is 17.9 Å². The number of aromatic nitrogens is 2. The number of aryl methyl sites for hydroxylation is 1. The molecule has 0 spiro atoms. The van der Waals surface area contributed by atoms with Crippen LogP contribution in [0.2, 0.25) is 0 Å². The van der Waals surface area contributed by atoms with Gasteiger partial charge >= 0.3 is 6.18 Å². The van der Waals surface area contributed by atoms with Crippen LogP contribution in [0.25, 0.3) is 0 Å². The Kier molecular flexibility index (Phi) is 3.92. The Morgan fingerprint density at radius 2 is 2.12 bits per heavy atom. The predicted molar refractivity (Wildman–Crippen MR) is 52.5 cm³/mol. The smallest absolute Gasteiger partial charge is 0.422 e. The SMILES string of the molecule is CCNc1ncc(C)c(OCC(F)(F)F)n1. The fraction of sp³-hybridized carbons (Fsp3) is 0.556. The van der Waals surface area contributed by atoms with Crippen LogP contribution in [0.5, 0.6) is 5.88 Å². The zero-order chi connectivity index (χ0) is 12.2. The first-order valence-electron chi connectivity index (χ1n) is 4.69. The molecule has 0 saturated heterocycles. The first-order valence-corrected chi connectivity index (χ1v) is 4.69. The lowest BCUT2D eigenvalue weighted by molar-refractivity contribution is -0.154. The largest absolute Gasteiger partial charge is 0.468 e. The average Bonchev–Trinajstić information content (AvgIpc) is 2.18. The van der Waals surface area contributed by atoms with Crippen LogP contribution in [0, 0.1) is 6.92 Å². The van der Waals surface area contributed by atoms with Crippen molar-refractivity contribution in [3.8, 4) is 5.88 Å². The summed E-state index contributed by atoms with van der Waals surface area (Å²) in [6, 6.07) is 0. The van der Waals surface area contributed by atoms with Crippen LogP contribution < -0.4 is 10.1 Å². The van der Waals surface area contributed by atoms with Crippen molar-refractivity contribution in [1.82, 2.24) is 9.97 Å². The molecule has 0 bridgehead atoms. The zero-order valence-corrected chi connectivity index (χ0v) is 8.93. The van der Waals surface area contributed by atoms with E-state index in [0.29, 0.717) is 12.1 Å². The van der Waals surface area contributed by atoms with E-state index in [9.17, 15) is 13.2 Å². The van der Waals surface area contributed by atoms with Crippen LogP contribution in [-0.4, -0.2) is 29.3 Å². The molecule has 0 atom stereocenters. The first kappa shape index (κ1) is 12.5. The molecule has 0 unspecified atom stereocenters. The molecular weight excluding hydrogens is 223 g/mol. The average molecular weight is 235 g/mol. The molecule has 0 amide bonds. The van der Waals surface area contributed by atoms with E-state index in [1.165, 1.54) is 6.20 Å². The molecule has 7 heteroatoms. The maximum absolute atomic E-state index is 11.9. The second-order valence-corrected chi connectivity index (χ2v) is 3.12. The van der Waals surface area contributed by atoms with E-state index in [-0.39, 0.29) is 11.8 Å². The summed E-state index contributed by atoms with van der Waals surface area (Å²) in [6.07, 6.45) is -2.95. The number of hydrogen-bond donors (Lipinski definition) is 1. The van der Waals surface area contributed by atoms with Crippen molar-refractivity contribution in [3.63, 3.8) is 0 Å². The second kappa shape index (κ2) is 5.00. The van der Waals surface area contributed by atoms with Crippen molar-refractivity contribution >= 4 is 5.95 Å². The lowest BCUT2D eigenvalue weighted by atomic mass is 10.4. The van der Waals surface area contributed by atoms with E-state index in [2.05, 4.69) is 20.0 Å². The summed E-state index contributed by atoms with van der Waals surface area (Å²) in [5.74, 6) is 0.202. The fourth-order valence-corrected chi connectivity index (χ4v) is 0.966.